The molecule has 0 amide bonds. The third kappa shape index (κ3) is 6.34. The fraction of sp³-hybridized carbons (Fsp3) is 0.652. The third-order valence-corrected chi connectivity index (χ3v) is 12.8. The van der Waals surface area contributed by atoms with E-state index in [0.717, 1.165) is 58.2 Å². The molecule has 32 heavy (non-hydrogen) atoms. The predicted octanol–water partition coefficient (Wildman–Crippen LogP) is 7.91. The lowest BCUT2D eigenvalue weighted by Crippen LogP contribution is -2.41. The first-order chi connectivity index (χ1) is 15.0. The number of benzene rings is 1. The molecule has 1 aromatic heterocycles. The van der Waals surface area contributed by atoms with Crippen LogP contribution >= 0.6 is 45.8 Å². The van der Waals surface area contributed by atoms with E-state index in [1.54, 1.807) is 6.07 Å². The quantitative estimate of drug-likeness (QED) is 0.177. The SMILES string of the molecule is CC(C)(C)[Si](C)(C)OCCCOc1cc(Cl)c(Cl)c2[nH]c(COC3CCCCO3)c(I)c12. The van der Waals surface area contributed by atoms with Gasteiger partial charge in [0.25, 0.3) is 0 Å². The number of hydrogen-bond donors (Lipinski definition) is 1. The van der Waals surface area contributed by atoms with Crippen molar-refractivity contribution >= 4 is 65.0 Å². The van der Waals surface area contributed by atoms with Gasteiger partial charge in [0, 0.05) is 29.3 Å². The Morgan fingerprint density at radius 2 is 1.97 bits per heavy atom. The molecule has 2 heterocycles. The van der Waals surface area contributed by atoms with Crippen LogP contribution in [0.3, 0.4) is 0 Å². The minimum atomic E-state index is -1.75. The number of ether oxygens (including phenoxy) is 3. The van der Waals surface area contributed by atoms with E-state index in [9.17, 15) is 0 Å². The monoisotopic (exact) mass is 613 g/mol. The summed E-state index contributed by atoms with van der Waals surface area (Å²) < 4.78 is 25.1. The number of aromatic amines is 1. The van der Waals surface area contributed by atoms with Crippen LogP contribution in [0.4, 0.5) is 0 Å². The third-order valence-electron chi connectivity index (χ3n) is 6.31. The first-order valence-corrected chi connectivity index (χ1v) is 15.9. The van der Waals surface area contributed by atoms with Crippen molar-refractivity contribution in [2.45, 2.75) is 77.5 Å². The first kappa shape index (κ1) is 26.6. The summed E-state index contributed by atoms with van der Waals surface area (Å²) in [6, 6.07) is 1.80. The summed E-state index contributed by atoms with van der Waals surface area (Å²) in [7, 11) is -1.75. The second-order valence-corrected chi connectivity index (χ2v) is 16.4. The van der Waals surface area contributed by atoms with Crippen LogP contribution in [0.1, 0.15) is 52.1 Å². The number of nitrogens with one attached hydrogen (secondary N) is 1. The Morgan fingerprint density at radius 1 is 1.22 bits per heavy atom. The Kier molecular flexibility index (Phi) is 9.25. The first-order valence-electron chi connectivity index (χ1n) is 11.2. The molecule has 0 spiro atoms. The molecule has 0 bridgehead atoms. The van der Waals surface area contributed by atoms with Gasteiger partial charge in [-0.1, -0.05) is 44.0 Å². The van der Waals surface area contributed by atoms with E-state index in [4.69, 9.17) is 41.8 Å². The smallest absolute Gasteiger partial charge is 0.191 e. The van der Waals surface area contributed by atoms with Crippen molar-refractivity contribution in [2.75, 3.05) is 19.8 Å². The molecule has 1 aliphatic rings. The molecule has 1 saturated heterocycles. The molecule has 0 saturated carbocycles. The topological polar surface area (TPSA) is 52.7 Å². The van der Waals surface area contributed by atoms with Gasteiger partial charge in [-0.05, 0) is 60.0 Å². The zero-order valence-electron chi connectivity index (χ0n) is 19.6. The Hall–Kier alpha value is -0.0331. The van der Waals surface area contributed by atoms with Crippen LogP contribution in [-0.2, 0) is 20.5 Å². The van der Waals surface area contributed by atoms with Crippen molar-refractivity contribution in [3.05, 3.63) is 25.4 Å². The highest BCUT2D eigenvalue weighted by atomic mass is 127. The number of H-pyrrole nitrogens is 1. The summed E-state index contributed by atoms with van der Waals surface area (Å²) in [5.41, 5.74) is 1.73. The Labute approximate surface area is 216 Å². The van der Waals surface area contributed by atoms with Gasteiger partial charge in [0.15, 0.2) is 14.6 Å². The van der Waals surface area contributed by atoms with Gasteiger partial charge in [-0.25, -0.2) is 0 Å². The van der Waals surface area contributed by atoms with Crippen LogP contribution in [0.15, 0.2) is 6.07 Å². The molecule has 1 aliphatic heterocycles. The molecule has 1 fully saturated rings. The summed E-state index contributed by atoms with van der Waals surface area (Å²) >= 11 is 15.2. The van der Waals surface area contributed by atoms with Gasteiger partial charge in [0.05, 0.1) is 39.9 Å². The van der Waals surface area contributed by atoms with Crippen LogP contribution in [0.2, 0.25) is 28.2 Å². The molecule has 1 aromatic carbocycles. The van der Waals surface area contributed by atoms with Gasteiger partial charge in [-0.3, -0.25) is 0 Å². The maximum absolute atomic E-state index is 6.51. The van der Waals surface area contributed by atoms with Crippen LogP contribution in [0.25, 0.3) is 10.9 Å². The lowest BCUT2D eigenvalue weighted by molar-refractivity contribution is -0.169. The number of fused-ring (bicyclic) bond motifs is 1. The molecular formula is C23H34Cl2INO4Si. The minimum Gasteiger partial charge on any atom is -0.493 e. The normalized spacial score (nSPS) is 17.8. The summed E-state index contributed by atoms with van der Waals surface area (Å²) in [4.78, 5) is 3.39. The second-order valence-electron chi connectivity index (χ2n) is 9.76. The van der Waals surface area contributed by atoms with E-state index in [1.165, 1.54) is 0 Å². The van der Waals surface area contributed by atoms with Gasteiger partial charge in [-0.15, -0.1) is 0 Å². The van der Waals surface area contributed by atoms with E-state index >= 15 is 0 Å². The maximum atomic E-state index is 6.51. The number of aromatic nitrogens is 1. The lowest BCUT2D eigenvalue weighted by atomic mass is 10.2. The minimum absolute atomic E-state index is 0.151. The van der Waals surface area contributed by atoms with E-state index in [0.29, 0.717) is 29.9 Å². The Bertz CT molecular complexity index is 923. The fourth-order valence-electron chi connectivity index (χ4n) is 3.31. The molecule has 5 nitrogen and oxygen atoms in total. The molecule has 1 unspecified atom stereocenters. The molecule has 180 valence electrons. The summed E-state index contributed by atoms with van der Waals surface area (Å²) in [5.74, 6) is 0.725. The number of rotatable bonds is 9. The standard InChI is InChI=1S/C23H34Cl2INO4Si/c1-23(2,3)32(4,5)31-12-8-11-28-17-13-15(24)20(25)22-19(17)21(26)16(27-22)14-30-18-9-6-7-10-29-18/h13,18,27H,6-12,14H2,1-5H3. The van der Waals surface area contributed by atoms with Gasteiger partial charge in [-0.2, -0.15) is 0 Å². The van der Waals surface area contributed by atoms with Crippen LogP contribution in [0.5, 0.6) is 5.75 Å². The highest BCUT2D eigenvalue weighted by Crippen LogP contribution is 2.41. The predicted molar refractivity (Wildman–Crippen MR) is 143 cm³/mol. The summed E-state index contributed by atoms with van der Waals surface area (Å²) in [6.45, 7) is 13.7. The molecule has 2 aromatic rings. The van der Waals surface area contributed by atoms with Crippen LogP contribution in [0, 0.1) is 3.57 Å². The van der Waals surface area contributed by atoms with E-state index in [-0.39, 0.29) is 11.3 Å². The van der Waals surface area contributed by atoms with Crippen molar-refractivity contribution in [1.29, 1.82) is 0 Å². The lowest BCUT2D eigenvalue weighted by Gasteiger charge is -2.36. The average molecular weight is 614 g/mol. The molecular weight excluding hydrogens is 580 g/mol. The van der Waals surface area contributed by atoms with E-state index < -0.39 is 8.32 Å². The van der Waals surface area contributed by atoms with E-state index in [2.05, 4.69) is 61.4 Å². The molecule has 1 atom stereocenters. The van der Waals surface area contributed by atoms with Gasteiger partial charge in [0.2, 0.25) is 0 Å². The zero-order valence-corrected chi connectivity index (χ0v) is 24.2. The molecule has 3 rings (SSSR count). The Morgan fingerprint density at radius 3 is 2.62 bits per heavy atom. The van der Waals surface area contributed by atoms with Crippen molar-refractivity contribution < 1.29 is 18.6 Å². The maximum Gasteiger partial charge on any atom is 0.191 e. The van der Waals surface area contributed by atoms with Crippen LogP contribution in [-0.4, -0.2) is 39.4 Å². The summed E-state index contributed by atoms with van der Waals surface area (Å²) in [6.07, 6.45) is 3.81. The number of hydrogen-bond acceptors (Lipinski definition) is 4. The van der Waals surface area contributed by atoms with Crippen molar-refractivity contribution in [3.63, 3.8) is 0 Å². The van der Waals surface area contributed by atoms with Crippen molar-refractivity contribution in [1.82, 2.24) is 4.98 Å². The van der Waals surface area contributed by atoms with Crippen molar-refractivity contribution in [3.8, 4) is 5.75 Å². The van der Waals surface area contributed by atoms with Gasteiger partial charge in [0.1, 0.15) is 5.75 Å². The van der Waals surface area contributed by atoms with Crippen LogP contribution < -0.4 is 4.74 Å². The van der Waals surface area contributed by atoms with E-state index in [1.807, 2.05) is 0 Å². The average Bonchev–Trinajstić information content (AvgIpc) is 3.06. The largest absolute Gasteiger partial charge is 0.493 e. The highest BCUT2D eigenvalue weighted by molar-refractivity contribution is 14.1. The fourth-order valence-corrected chi connectivity index (χ4v) is 5.62. The second kappa shape index (κ2) is 11.1. The zero-order chi connectivity index (χ0) is 23.5. The number of halogens is 3. The molecule has 9 heteroatoms. The van der Waals surface area contributed by atoms with Gasteiger partial charge >= 0.3 is 0 Å². The molecule has 0 radical (unpaired) electrons. The Balaban J connectivity index is 1.67. The molecule has 0 aliphatic carbocycles. The molecule has 1 N–H and O–H groups in total. The van der Waals surface area contributed by atoms with Crippen molar-refractivity contribution in [2.24, 2.45) is 0 Å². The van der Waals surface area contributed by atoms with Gasteiger partial charge < -0.3 is 23.6 Å². The highest BCUT2D eigenvalue weighted by Gasteiger charge is 2.36. The summed E-state index contributed by atoms with van der Waals surface area (Å²) in [5, 5.41) is 2.10.